The summed E-state index contributed by atoms with van der Waals surface area (Å²) >= 11 is 0. The van der Waals surface area contributed by atoms with Crippen molar-refractivity contribution in [3.05, 3.63) is 12.4 Å². The molecule has 52 valence electrons. The van der Waals surface area contributed by atoms with Crippen LogP contribution >= 0.6 is 0 Å². The van der Waals surface area contributed by atoms with Crippen molar-refractivity contribution in [2.45, 2.75) is 13.3 Å². The van der Waals surface area contributed by atoms with Gasteiger partial charge in [0.25, 0.3) is 0 Å². The molecule has 9 heavy (non-hydrogen) atoms. The Morgan fingerprint density at radius 1 is 1.78 bits per heavy atom. The lowest BCUT2D eigenvalue weighted by Crippen LogP contribution is -2.25. The van der Waals surface area contributed by atoms with Crippen molar-refractivity contribution >= 4 is 6.72 Å². The summed E-state index contributed by atoms with van der Waals surface area (Å²) in [5.41, 5.74) is 0. The summed E-state index contributed by atoms with van der Waals surface area (Å²) < 4.78 is 0. The standard InChI is InChI=1S/C6H13N3/c1-3-5-9(7)6-4-8-2/h4,6H,2-3,5,7H2,1H3/b6-4-. The third-order valence-electron chi connectivity index (χ3n) is 0.845. The molecule has 0 aromatic carbocycles. The van der Waals surface area contributed by atoms with Gasteiger partial charge in [0.1, 0.15) is 0 Å². The average molecular weight is 127 g/mol. The largest absolute Gasteiger partial charge is 0.317 e. The van der Waals surface area contributed by atoms with E-state index in [1.54, 1.807) is 17.4 Å². The highest BCUT2D eigenvalue weighted by Gasteiger charge is 1.84. The highest BCUT2D eigenvalue weighted by molar-refractivity contribution is 5.25. The van der Waals surface area contributed by atoms with E-state index in [0.29, 0.717) is 0 Å². The molecule has 0 aromatic heterocycles. The maximum atomic E-state index is 5.43. The van der Waals surface area contributed by atoms with Gasteiger partial charge in [-0.05, 0) is 13.1 Å². The first-order valence-electron chi connectivity index (χ1n) is 2.95. The van der Waals surface area contributed by atoms with Crippen molar-refractivity contribution in [3.63, 3.8) is 0 Å². The maximum Gasteiger partial charge on any atom is 0.0434 e. The monoisotopic (exact) mass is 127 g/mol. The van der Waals surface area contributed by atoms with E-state index in [4.69, 9.17) is 5.84 Å². The Bertz CT molecular complexity index is 98.5. The van der Waals surface area contributed by atoms with Crippen molar-refractivity contribution in [1.29, 1.82) is 0 Å². The lowest BCUT2D eigenvalue weighted by molar-refractivity contribution is 0.393. The highest BCUT2D eigenvalue weighted by Crippen LogP contribution is 1.83. The van der Waals surface area contributed by atoms with Crippen LogP contribution in [0.15, 0.2) is 17.4 Å². The Morgan fingerprint density at radius 2 is 2.44 bits per heavy atom. The molecule has 3 heteroatoms. The van der Waals surface area contributed by atoms with Crippen molar-refractivity contribution < 1.29 is 0 Å². The molecule has 0 heterocycles. The van der Waals surface area contributed by atoms with E-state index in [9.17, 15) is 0 Å². The minimum Gasteiger partial charge on any atom is -0.317 e. The van der Waals surface area contributed by atoms with Gasteiger partial charge in [-0.25, -0.2) is 5.84 Å². The van der Waals surface area contributed by atoms with Crippen molar-refractivity contribution in [1.82, 2.24) is 5.01 Å². The van der Waals surface area contributed by atoms with Gasteiger partial charge in [-0.2, -0.15) is 0 Å². The number of hydrogen-bond donors (Lipinski definition) is 1. The zero-order valence-electron chi connectivity index (χ0n) is 5.75. The summed E-state index contributed by atoms with van der Waals surface area (Å²) in [5.74, 6) is 5.43. The summed E-state index contributed by atoms with van der Waals surface area (Å²) in [6.07, 6.45) is 4.30. The lowest BCUT2D eigenvalue weighted by atomic mass is 10.5. The number of nitrogens with zero attached hydrogens (tertiary/aromatic N) is 2. The Hall–Kier alpha value is -0.830. The van der Waals surface area contributed by atoms with Crippen LogP contribution in [0.3, 0.4) is 0 Å². The summed E-state index contributed by atoms with van der Waals surface area (Å²) in [6.45, 7) is 6.19. The summed E-state index contributed by atoms with van der Waals surface area (Å²) in [4.78, 5) is 3.51. The lowest BCUT2D eigenvalue weighted by Gasteiger charge is -2.09. The maximum absolute atomic E-state index is 5.43. The van der Waals surface area contributed by atoms with Crippen LogP contribution in [0.1, 0.15) is 13.3 Å². The van der Waals surface area contributed by atoms with Crippen LogP contribution in [0.5, 0.6) is 0 Å². The molecule has 0 saturated carbocycles. The Balaban J connectivity index is 3.35. The Morgan fingerprint density at radius 3 is 2.89 bits per heavy atom. The zero-order chi connectivity index (χ0) is 7.11. The van der Waals surface area contributed by atoms with Crippen molar-refractivity contribution in [3.8, 4) is 0 Å². The SMILES string of the molecule is C=N/C=C\N(N)CCC. The summed E-state index contributed by atoms with van der Waals surface area (Å²) in [7, 11) is 0. The second-order valence-electron chi connectivity index (χ2n) is 1.72. The number of aliphatic imine (C=N–C) groups is 1. The third-order valence-corrected chi connectivity index (χ3v) is 0.845. The first kappa shape index (κ1) is 8.17. The molecule has 0 saturated heterocycles. The first-order chi connectivity index (χ1) is 4.31. The molecule has 0 atom stereocenters. The zero-order valence-corrected chi connectivity index (χ0v) is 5.75. The van der Waals surface area contributed by atoms with Crippen LogP contribution in [0.4, 0.5) is 0 Å². The van der Waals surface area contributed by atoms with Crippen molar-refractivity contribution in [2.75, 3.05) is 6.54 Å². The van der Waals surface area contributed by atoms with Crippen LogP contribution < -0.4 is 5.84 Å². The first-order valence-corrected chi connectivity index (χ1v) is 2.95. The van der Waals surface area contributed by atoms with Crippen LogP contribution in [0.25, 0.3) is 0 Å². The molecule has 0 aromatic rings. The Labute approximate surface area is 55.8 Å². The van der Waals surface area contributed by atoms with E-state index in [0.717, 1.165) is 13.0 Å². The van der Waals surface area contributed by atoms with Gasteiger partial charge in [0, 0.05) is 18.9 Å². The molecular weight excluding hydrogens is 114 g/mol. The molecule has 0 amide bonds. The smallest absolute Gasteiger partial charge is 0.0434 e. The van der Waals surface area contributed by atoms with Gasteiger partial charge < -0.3 is 5.01 Å². The van der Waals surface area contributed by atoms with Gasteiger partial charge in [0.2, 0.25) is 0 Å². The summed E-state index contributed by atoms with van der Waals surface area (Å²) in [5, 5.41) is 1.58. The fourth-order valence-electron chi connectivity index (χ4n) is 0.466. The van der Waals surface area contributed by atoms with Gasteiger partial charge in [-0.15, -0.1) is 0 Å². The minimum absolute atomic E-state index is 0.853. The van der Waals surface area contributed by atoms with Crippen LogP contribution in [-0.2, 0) is 0 Å². The molecule has 0 aliphatic carbocycles. The molecule has 3 nitrogen and oxygen atoms in total. The predicted molar refractivity (Wildman–Crippen MR) is 39.9 cm³/mol. The van der Waals surface area contributed by atoms with Gasteiger partial charge in [-0.3, -0.25) is 4.99 Å². The van der Waals surface area contributed by atoms with E-state index in [1.165, 1.54) is 0 Å². The number of rotatable bonds is 4. The van der Waals surface area contributed by atoms with E-state index in [1.807, 2.05) is 0 Å². The topological polar surface area (TPSA) is 41.6 Å². The van der Waals surface area contributed by atoms with Gasteiger partial charge in [0.05, 0.1) is 0 Å². The molecule has 0 spiro atoms. The number of hydrazine groups is 1. The quantitative estimate of drug-likeness (QED) is 0.344. The van der Waals surface area contributed by atoms with Gasteiger partial charge >= 0.3 is 0 Å². The average Bonchev–Trinajstić information content (AvgIpc) is 1.85. The van der Waals surface area contributed by atoms with E-state index in [-0.39, 0.29) is 0 Å². The Kier molecular flexibility index (Phi) is 4.82. The van der Waals surface area contributed by atoms with Crippen LogP contribution in [0, 0.1) is 0 Å². The molecule has 0 fully saturated rings. The molecular formula is C6H13N3. The molecule has 0 bridgehead atoms. The molecule has 0 unspecified atom stereocenters. The molecule has 0 aliphatic rings. The molecule has 2 N–H and O–H groups in total. The van der Waals surface area contributed by atoms with Crippen LogP contribution in [0.2, 0.25) is 0 Å². The summed E-state index contributed by atoms with van der Waals surface area (Å²) in [6, 6.07) is 0. The number of hydrogen-bond acceptors (Lipinski definition) is 3. The highest BCUT2D eigenvalue weighted by atomic mass is 15.4. The molecule has 0 rings (SSSR count). The number of nitrogens with two attached hydrogens (primary N) is 1. The molecule has 0 aliphatic heterocycles. The normalized spacial score (nSPS) is 10.0. The van der Waals surface area contributed by atoms with E-state index in [2.05, 4.69) is 18.6 Å². The fourth-order valence-corrected chi connectivity index (χ4v) is 0.466. The van der Waals surface area contributed by atoms with Crippen molar-refractivity contribution in [2.24, 2.45) is 10.8 Å². The predicted octanol–water partition coefficient (Wildman–Crippen LogP) is 0.744. The van der Waals surface area contributed by atoms with Crippen LogP contribution in [-0.4, -0.2) is 18.3 Å². The second-order valence-corrected chi connectivity index (χ2v) is 1.72. The van der Waals surface area contributed by atoms with Gasteiger partial charge in [-0.1, -0.05) is 6.92 Å². The molecule has 0 radical (unpaired) electrons. The van der Waals surface area contributed by atoms with E-state index < -0.39 is 0 Å². The second kappa shape index (κ2) is 5.31. The third kappa shape index (κ3) is 5.03. The fraction of sp³-hybridized carbons (Fsp3) is 0.500. The van der Waals surface area contributed by atoms with E-state index >= 15 is 0 Å². The minimum atomic E-state index is 0.853. The van der Waals surface area contributed by atoms with Gasteiger partial charge in [0.15, 0.2) is 0 Å².